The quantitative estimate of drug-likeness (QED) is 0.860. The first-order chi connectivity index (χ1) is 7.37. The number of nitrogens with zero attached hydrogens (tertiary/aromatic N) is 2. The van der Waals surface area contributed by atoms with Crippen LogP contribution in [0.5, 0.6) is 0 Å². The van der Waals surface area contributed by atoms with Crippen molar-refractivity contribution in [2.45, 2.75) is 45.1 Å². The van der Waals surface area contributed by atoms with Gasteiger partial charge in [0.2, 0.25) is 0 Å². The summed E-state index contributed by atoms with van der Waals surface area (Å²) in [4.78, 5) is 4.28. The van der Waals surface area contributed by atoms with Gasteiger partial charge >= 0.3 is 6.01 Å². The molecule has 1 aromatic heterocycles. The van der Waals surface area contributed by atoms with E-state index in [9.17, 15) is 0 Å². The van der Waals surface area contributed by atoms with Gasteiger partial charge in [-0.3, -0.25) is 0 Å². The zero-order valence-electron chi connectivity index (χ0n) is 10.7. The van der Waals surface area contributed by atoms with Crippen molar-refractivity contribution in [2.75, 3.05) is 11.9 Å². The maximum Gasteiger partial charge on any atom is 0.321 e. The number of anilines is 1. The first-order valence-corrected chi connectivity index (χ1v) is 6.56. The minimum Gasteiger partial charge on any atom is -0.337 e. The van der Waals surface area contributed by atoms with Crippen LogP contribution in [-0.4, -0.2) is 21.4 Å². The van der Waals surface area contributed by atoms with Crippen molar-refractivity contribution in [3.8, 4) is 0 Å². The molecule has 92 valence electrons. The third-order valence-corrected chi connectivity index (χ3v) is 3.03. The molecule has 0 radical (unpaired) electrons. The highest BCUT2D eigenvalue weighted by molar-refractivity contribution is 7.99. The monoisotopic (exact) mass is 243 g/mol. The van der Waals surface area contributed by atoms with Crippen molar-refractivity contribution in [3.05, 3.63) is 5.82 Å². The average molecular weight is 243 g/mol. The van der Waals surface area contributed by atoms with E-state index in [1.165, 1.54) is 0 Å². The molecule has 0 aliphatic rings. The van der Waals surface area contributed by atoms with E-state index in [0.29, 0.717) is 11.9 Å². The summed E-state index contributed by atoms with van der Waals surface area (Å²) in [6.07, 6.45) is 0. The number of rotatable bonds is 5. The molecule has 1 N–H and O–H groups in total. The van der Waals surface area contributed by atoms with Gasteiger partial charge < -0.3 is 9.84 Å². The minimum absolute atomic E-state index is 0.228. The average Bonchev–Trinajstić information content (AvgIpc) is 2.58. The topological polar surface area (TPSA) is 51.0 Å². The molecule has 0 fully saturated rings. The van der Waals surface area contributed by atoms with Crippen molar-refractivity contribution in [1.29, 1.82) is 0 Å². The molecule has 0 aliphatic carbocycles. The molecular weight excluding hydrogens is 222 g/mol. The van der Waals surface area contributed by atoms with E-state index in [4.69, 9.17) is 4.52 Å². The molecule has 0 unspecified atom stereocenters. The van der Waals surface area contributed by atoms with E-state index in [-0.39, 0.29) is 4.75 Å². The molecule has 0 bridgehead atoms. The largest absolute Gasteiger partial charge is 0.337 e. The summed E-state index contributed by atoms with van der Waals surface area (Å²) in [7, 11) is 0. The first kappa shape index (κ1) is 13.4. The molecule has 0 atom stereocenters. The minimum atomic E-state index is 0.228. The van der Waals surface area contributed by atoms with Gasteiger partial charge in [-0.25, -0.2) is 0 Å². The standard InChI is InChI=1S/C11H21N3OS/c1-8(2)6-12-10-13-9(14-15-10)7-16-11(3,4)5/h8H,6-7H2,1-5H3,(H,12,13,14). The highest BCUT2D eigenvalue weighted by Crippen LogP contribution is 2.26. The normalized spacial score (nSPS) is 12.1. The number of nitrogens with one attached hydrogen (secondary N) is 1. The molecular formula is C11H21N3OS. The Kier molecular flexibility index (Phi) is 4.65. The number of thioether (sulfide) groups is 1. The van der Waals surface area contributed by atoms with Gasteiger partial charge in [0.15, 0.2) is 5.82 Å². The number of aromatic nitrogens is 2. The Morgan fingerprint density at radius 3 is 2.62 bits per heavy atom. The third-order valence-electron chi connectivity index (χ3n) is 1.76. The van der Waals surface area contributed by atoms with Crippen LogP contribution in [0.3, 0.4) is 0 Å². The van der Waals surface area contributed by atoms with Crippen LogP contribution < -0.4 is 5.32 Å². The molecule has 0 amide bonds. The van der Waals surface area contributed by atoms with Gasteiger partial charge in [-0.2, -0.15) is 4.98 Å². The fourth-order valence-electron chi connectivity index (χ4n) is 0.957. The molecule has 1 heterocycles. The van der Waals surface area contributed by atoms with E-state index >= 15 is 0 Å². The highest BCUT2D eigenvalue weighted by Gasteiger charge is 2.13. The lowest BCUT2D eigenvalue weighted by Gasteiger charge is -2.15. The first-order valence-electron chi connectivity index (χ1n) is 5.57. The lowest BCUT2D eigenvalue weighted by Crippen LogP contribution is -2.09. The van der Waals surface area contributed by atoms with Crippen LogP contribution in [-0.2, 0) is 5.75 Å². The highest BCUT2D eigenvalue weighted by atomic mass is 32.2. The lowest BCUT2D eigenvalue weighted by atomic mass is 10.2. The van der Waals surface area contributed by atoms with Gasteiger partial charge in [0.1, 0.15) is 0 Å². The molecule has 5 heteroatoms. The van der Waals surface area contributed by atoms with Crippen LogP contribution in [0.2, 0.25) is 0 Å². The van der Waals surface area contributed by atoms with Gasteiger partial charge in [0, 0.05) is 11.3 Å². The second-order valence-corrected chi connectivity index (χ2v) is 6.99. The van der Waals surface area contributed by atoms with Crippen molar-refractivity contribution in [2.24, 2.45) is 5.92 Å². The van der Waals surface area contributed by atoms with E-state index in [1.54, 1.807) is 0 Å². The van der Waals surface area contributed by atoms with Gasteiger partial charge in [0.25, 0.3) is 0 Å². The molecule has 0 saturated carbocycles. The van der Waals surface area contributed by atoms with Crippen molar-refractivity contribution in [3.63, 3.8) is 0 Å². The van der Waals surface area contributed by atoms with Crippen LogP contribution in [0.25, 0.3) is 0 Å². The van der Waals surface area contributed by atoms with Gasteiger partial charge in [-0.15, -0.1) is 11.8 Å². The molecule has 0 saturated heterocycles. The summed E-state index contributed by atoms with van der Waals surface area (Å²) in [5.41, 5.74) is 0. The number of hydrogen-bond acceptors (Lipinski definition) is 5. The fourth-order valence-corrected chi connectivity index (χ4v) is 1.64. The van der Waals surface area contributed by atoms with E-state index < -0.39 is 0 Å². The van der Waals surface area contributed by atoms with E-state index in [0.717, 1.165) is 18.1 Å². The maximum atomic E-state index is 5.09. The van der Waals surface area contributed by atoms with Crippen LogP contribution in [0.1, 0.15) is 40.4 Å². The Labute approximate surface area is 102 Å². The van der Waals surface area contributed by atoms with Crippen LogP contribution in [0.15, 0.2) is 4.52 Å². The summed E-state index contributed by atoms with van der Waals surface area (Å²) in [6, 6.07) is 0.526. The smallest absolute Gasteiger partial charge is 0.321 e. The SMILES string of the molecule is CC(C)CNc1nc(CSC(C)(C)C)no1. The molecule has 1 rings (SSSR count). The maximum absolute atomic E-state index is 5.09. The molecule has 0 aromatic carbocycles. The Morgan fingerprint density at radius 2 is 2.06 bits per heavy atom. The molecule has 1 aromatic rings. The zero-order valence-corrected chi connectivity index (χ0v) is 11.5. The number of hydrogen-bond donors (Lipinski definition) is 1. The Morgan fingerprint density at radius 1 is 1.38 bits per heavy atom. The summed E-state index contributed by atoms with van der Waals surface area (Å²) in [6.45, 7) is 11.7. The lowest BCUT2D eigenvalue weighted by molar-refractivity contribution is 0.423. The predicted octanol–water partition coefficient (Wildman–Crippen LogP) is 3.17. The Bertz CT molecular complexity index is 317. The van der Waals surface area contributed by atoms with Gasteiger partial charge in [0.05, 0.1) is 5.75 Å². The summed E-state index contributed by atoms with van der Waals surface area (Å²) in [5.74, 6) is 2.11. The zero-order chi connectivity index (χ0) is 12.2. The fraction of sp³-hybridized carbons (Fsp3) is 0.818. The Hall–Kier alpha value is -0.710. The second-order valence-electron chi connectivity index (χ2n) is 5.19. The molecule has 0 aliphatic heterocycles. The van der Waals surface area contributed by atoms with E-state index in [2.05, 4.69) is 50.1 Å². The molecule has 4 nitrogen and oxygen atoms in total. The third kappa shape index (κ3) is 5.39. The van der Waals surface area contributed by atoms with Gasteiger partial charge in [-0.1, -0.05) is 39.8 Å². The Balaban J connectivity index is 2.39. The van der Waals surface area contributed by atoms with Crippen molar-refractivity contribution in [1.82, 2.24) is 10.1 Å². The van der Waals surface area contributed by atoms with Crippen molar-refractivity contribution < 1.29 is 4.52 Å². The molecule has 0 spiro atoms. The summed E-state index contributed by atoms with van der Waals surface area (Å²) >= 11 is 1.81. The van der Waals surface area contributed by atoms with Crippen LogP contribution >= 0.6 is 11.8 Å². The predicted molar refractivity (Wildman–Crippen MR) is 68.7 cm³/mol. The van der Waals surface area contributed by atoms with E-state index in [1.807, 2.05) is 11.8 Å². The van der Waals surface area contributed by atoms with Crippen LogP contribution in [0, 0.1) is 5.92 Å². The van der Waals surface area contributed by atoms with Gasteiger partial charge in [-0.05, 0) is 5.92 Å². The second kappa shape index (κ2) is 5.57. The van der Waals surface area contributed by atoms with Crippen LogP contribution in [0.4, 0.5) is 6.01 Å². The summed E-state index contributed by atoms with van der Waals surface area (Å²) < 4.78 is 5.32. The van der Waals surface area contributed by atoms with Crippen molar-refractivity contribution >= 4 is 17.8 Å². The summed E-state index contributed by atoms with van der Waals surface area (Å²) in [5, 5.41) is 7.04. The molecule has 16 heavy (non-hydrogen) atoms.